The second kappa shape index (κ2) is 4.75. The predicted octanol–water partition coefficient (Wildman–Crippen LogP) is 2.83. The van der Waals surface area contributed by atoms with Crippen LogP contribution in [0.15, 0.2) is 36.8 Å². The summed E-state index contributed by atoms with van der Waals surface area (Å²) < 4.78 is 2.23. The maximum Gasteiger partial charge on any atom is 0.0953 e. The summed E-state index contributed by atoms with van der Waals surface area (Å²) in [4.78, 5) is 4.29. The standard InChI is InChI=1S/C14H16ClN3/c1-10(12-4-2-3-5-13(12)15)18-9-17-8-14(18)11-6-16-7-11/h2-5,8-11,16H,6-7H2,1H3. The molecule has 0 amide bonds. The molecule has 1 N–H and O–H groups in total. The van der Waals surface area contributed by atoms with Gasteiger partial charge in [-0.3, -0.25) is 0 Å². The lowest BCUT2D eigenvalue weighted by molar-refractivity contribution is 0.418. The summed E-state index contributed by atoms with van der Waals surface area (Å²) in [6.07, 6.45) is 3.88. The highest BCUT2D eigenvalue weighted by molar-refractivity contribution is 6.31. The molecule has 2 heterocycles. The van der Waals surface area contributed by atoms with Crippen molar-refractivity contribution in [1.82, 2.24) is 14.9 Å². The zero-order chi connectivity index (χ0) is 12.5. The number of imidazole rings is 1. The number of hydrogen-bond donors (Lipinski definition) is 1. The number of nitrogens with zero attached hydrogens (tertiary/aromatic N) is 2. The van der Waals surface area contributed by atoms with E-state index in [0.717, 1.165) is 23.7 Å². The van der Waals surface area contributed by atoms with Crippen LogP contribution in [0.4, 0.5) is 0 Å². The highest BCUT2D eigenvalue weighted by Crippen LogP contribution is 2.29. The molecule has 1 aliphatic rings. The summed E-state index contributed by atoms with van der Waals surface area (Å²) in [5, 5.41) is 4.12. The molecule has 1 saturated heterocycles. The Hall–Kier alpha value is -1.32. The van der Waals surface area contributed by atoms with Crippen LogP contribution in [0.2, 0.25) is 5.02 Å². The number of halogens is 1. The third kappa shape index (κ3) is 1.93. The molecule has 1 aromatic heterocycles. The van der Waals surface area contributed by atoms with Crippen molar-refractivity contribution in [1.29, 1.82) is 0 Å². The van der Waals surface area contributed by atoms with Gasteiger partial charge >= 0.3 is 0 Å². The van der Waals surface area contributed by atoms with Gasteiger partial charge in [-0.15, -0.1) is 0 Å². The molecule has 94 valence electrons. The van der Waals surface area contributed by atoms with Crippen LogP contribution in [-0.2, 0) is 0 Å². The van der Waals surface area contributed by atoms with E-state index in [1.165, 1.54) is 5.69 Å². The molecule has 3 rings (SSSR count). The van der Waals surface area contributed by atoms with Gasteiger partial charge in [0.05, 0.1) is 12.4 Å². The first-order chi connectivity index (χ1) is 8.77. The van der Waals surface area contributed by atoms with Gasteiger partial charge in [0.15, 0.2) is 0 Å². The van der Waals surface area contributed by atoms with Crippen molar-refractivity contribution in [2.45, 2.75) is 18.9 Å². The molecule has 0 saturated carbocycles. The molecule has 4 heteroatoms. The monoisotopic (exact) mass is 261 g/mol. The van der Waals surface area contributed by atoms with Crippen molar-refractivity contribution in [3.8, 4) is 0 Å². The number of nitrogens with one attached hydrogen (secondary N) is 1. The van der Waals surface area contributed by atoms with Crippen molar-refractivity contribution in [3.05, 3.63) is 53.1 Å². The minimum atomic E-state index is 0.219. The molecular formula is C14H16ClN3. The fourth-order valence-electron chi connectivity index (χ4n) is 2.42. The van der Waals surface area contributed by atoms with Crippen LogP contribution >= 0.6 is 11.6 Å². The van der Waals surface area contributed by atoms with E-state index in [9.17, 15) is 0 Å². The van der Waals surface area contributed by atoms with Gasteiger partial charge in [-0.2, -0.15) is 0 Å². The Bertz CT molecular complexity index is 545. The fourth-order valence-corrected chi connectivity index (χ4v) is 2.71. The van der Waals surface area contributed by atoms with Gasteiger partial charge in [-0.05, 0) is 18.6 Å². The van der Waals surface area contributed by atoms with E-state index in [1.807, 2.05) is 30.7 Å². The van der Waals surface area contributed by atoms with Crippen molar-refractivity contribution in [2.24, 2.45) is 0 Å². The van der Waals surface area contributed by atoms with Gasteiger partial charge in [-0.25, -0.2) is 4.98 Å². The van der Waals surface area contributed by atoms with Gasteiger partial charge in [0, 0.05) is 35.9 Å². The van der Waals surface area contributed by atoms with Crippen LogP contribution in [-0.4, -0.2) is 22.6 Å². The lowest BCUT2D eigenvalue weighted by Crippen LogP contribution is -2.41. The van der Waals surface area contributed by atoms with Crippen molar-refractivity contribution >= 4 is 11.6 Å². The molecule has 2 aromatic rings. The maximum absolute atomic E-state index is 6.27. The van der Waals surface area contributed by atoms with Gasteiger partial charge in [0.25, 0.3) is 0 Å². The maximum atomic E-state index is 6.27. The van der Waals surface area contributed by atoms with Crippen LogP contribution < -0.4 is 5.32 Å². The average molecular weight is 262 g/mol. The Labute approximate surface area is 112 Å². The molecule has 0 radical (unpaired) electrons. The molecule has 0 spiro atoms. The van der Waals surface area contributed by atoms with Crippen LogP contribution in [0.25, 0.3) is 0 Å². The molecule has 1 aromatic carbocycles. The van der Waals surface area contributed by atoms with E-state index in [4.69, 9.17) is 11.6 Å². The van der Waals surface area contributed by atoms with Gasteiger partial charge in [0.1, 0.15) is 0 Å². The minimum Gasteiger partial charge on any atom is -0.327 e. The molecule has 0 aliphatic carbocycles. The quantitative estimate of drug-likeness (QED) is 0.921. The van der Waals surface area contributed by atoms with Gasteiger partial charge in [-0.1, -0.05) is 29.8 Å². The molecule has 1 atom stereocenters. The summed E-state index contributed by atoms with van der Waals surface area (Å²) in [6.45, 7) is 4.25. The Morgan fingerprint density at radius 3 is 2.83 bits per heavy atom. The van der Waals surface area contributed by atoms with Crippen molar-refractivity contribution in [3.63, 3.8) is 0 Å². The zero-order valence-corrected chi connectivity index (χ0v) is 11.1. The topological polar surface area (TPSA) is 29.9 Å². The van der Waals surface area contributed by atoms with E-state index >= 15 is 0 Å². The van der Waals surface area contributed by atoms with Crippen LogP contribution in [0.5, 0.6) is 0 Å². The third-order valence-corrected chi connectivity index (χ3v) is 4.01. The highest BCUT2D eigenvalue weighted by Gasteiger charge is 2.24. The first-order valence-corrected chi connectivity index (χ1v) is 6.62. The molecule has 0 bridgehead atoms. The summed E-state index contributed by atoms with van der Waals surface area (Å²) in [7, 11) is 0. The Morgan fingerprint density at radius 1 is 1.39 bits per heavy atom. The van der Waals surface area contributed by atoms with E-state index in [-0.39, 0.29) is 6.04 Å². The normalized spacial score (nSPS) is 17.4. The Balaban J connectivity index is 1.95. The second-order valence-electron chi connectivity index (χ2n) is 4.78. The lowest BCUT2D eigenvalue weighted by Gasteiger charge is -2.29. The summed E-state index contributed by atoms with van der Waals surface area (Å²) in [5.41, 5.74) is 2.44. The summed E-state index contributed by atoms with van der Waals surface area (Å²) in [5.74, 6) is 0.581. The van der Waals surface area contributed by atoms with Crippen molar-refractivity contribution in [2.75, 3.05) is 13.1 Å². The fraction of sp³-hybridized carbons (Fsp3) is 0.357. The Kier molecular flexibility index (Phi) is 3.10. The SMILES string of the molecule is CC(c1ccccc1Cl)n1cncc1C1CNC1. The number of benzene rings is 1. The first-order valence-electron chi connectivity index (χ1n) is 6.24. The largest absolute Gasteiger partial charge is 0.327 e. The number of hydrogen-bond acceptors (Lipinski definition) is 2. The molecule has 1 fully saturated rings. The number of rotatable bonds is 3. The minimum absolute atomic E-state index is 0.219. The molecule has 1 unspecified atom stereocenters. The van der Waals surface area contributed by atoms with Crippen LogP contribution in [0, 0.1) is 0 Å². The smallest absolute Gasteiger partial charge is 0.0953 e. The lowest BCUT2D eigenvalue weighted by atomic mass is 9.98. The van der Waals surface area contributed by atoms with E-state index < -0.39 is 0 Å². The second-order valence-corrected chi connectivity index (χ2v) is 5.19. The van der Waals surface area contributed by atoms with Crippen molar-refractivity contribution < 1.29 is 0 Å². The first kappa shape index (κ1) is 11.8. The average Bonchev–Trinajstić information content (AvgIpc) is 2.75. The molecular weight excluding hydrogens is 246 g/mol. The summed E-state index contributed by atoms with van der Waals surface area (Å²) in [6, 6.07) is 8.23. The number of aromatic nitrogens is 2. The van der Waals surface area contributed by atoms with E-state index in [1.54, 1.807) is 0 Å². The Morgan fingerprint density at radius 2 is 2.17 bits per heavy atom. The molecule has 1 aliphatic heterocycles. The highest BCUT2D eigenvalue weighted by atomic mass is 35.5. The molecule has 3 nitrogen and oxygen atoms in total. The zero-order valence-electron chi connectivity index (χ0n) is 10.3. The van der Waals surface area contributed by atoms with Gasteiger partial charge < -0.3 is 9.88 Å². The van der Waals surface area contributed by atoms with Gasteiger partial charge in [0.2, 0.25) is 0 Å². The third-order valence-electron chi connectivity index (χ3n) is 3.67. The van der Waals surface area contributed by atoms with E-state index in [2.05, 4.69) is 27.9 Å². The van der Waals surface area contributed by atoms with E-state index in [0.29, 0.717) is 5.92 Å². The predicted molar refractivity (Wildman–Crippen MR) is 73.1 cm³/mol. The summed E-state index contributed by atoms with van der Waals surface area (Å²) >= 11 is 6.27. The van der Waals surface area contributed by atoms with Crippen LogP contribution in [0.3, 0.4) is 0 Å². The van der Waals surface area contributed by atoms with Crippen LogP contribution in [0.1, 0.15) is 30.1 Å². The molecule has 18 heavy (non-hydrogen) atoms.